The summed E-state index contributed by atoms with van der Waals surface area (Å²) in [7, 11) is 0. The van der Waals surface area contributed by atoms with Gasteiger partial charge in [-0.05, 0) is 25.7 Å². The van der Waals surface area contributed by atoms with E-state index in [2.05, 4.69) is 15.5 Å². The topological polar surface area (TPSA) is 100 Å². The van der Waals surface area contributed by atoms with Gasteiger partial charge in [0.2, 0.25) is 11.8 Å². The van der Waals surface area contributed by atoms with Crippen molar-refractivity contribution in [3.63, 3.8) is 0 Å². The highest BCUT2D eigenvalue weighted by Crippen LogP contribution is 2.23. The summed E-state index contributed by atoms with van der Waals surface area (Å²) in [5, 5.41) is 15.8. The summed E-state index contributed by atoms with van der Waals surface area (Å²) in [5.41, 5.74) is 0. The third kappa shape index (κ3) is 6.69. The Morgan fingerprint density at radius 1 is 0.964 bits per heavy atom. The smallest absolute Gasteiger partial charge is 0.234 e. The van der Waals surface area contributed by atoms with Gasteiger partial charge in [-0.25, -0.2) is 0 Å². The molecule has 28 heavy (non-hydrogen) atoms. The molecule has 0 aromatic carbocycles. The minimum absolute atomic E-state index is 0.0309. The molecule has 3 aliphatic rings. The summed E-state index contributed by atoms with van der Waals surface area (Å²) in [5.74, 6) is -0.0224. The van der Waals surface area contributed by atoms with Crippen molar-refractivity contribution in [2.45, 2.75) is 75.7 Å². The van der Waals surface area contributed by atoms with Gasteiger partial charge in [0.15, 0.2) is 0 Å². The van der Waals surface area contributed by atoms with Crippen molar-refractivity contribution in [2.75, 3.05) is 39.5 Å². The number of morpholine rings is 1. The van der Waals surface area contributed by atoms with E-state index in [0.717, 1.165) is 25.9 Å². The SMILES string of the molecule is O=C(C[C@H]1CC[C@H](NC(=O)CN2CCOCC2)[C@@H](CO)O1)NC1CCCCC1. The Kier molecular flexibility index (Phi) is 8.51. The lowest BCUT2D eigenvalue weighted by molar-refractivity contribution is -0.137. The molecule has 1 aliphatic carbocycles. The zero-order chi connectivity index (χ0) is 19.8. The first-order chi connectivity index (χ1) is 13.6. The van der Waals surface area contributed by atoms with E-state index in [0.29, 0.717) is 45.1 Å². The van der Waals surface area contributed by atoms with Crippen LogP contribution in [0, 0.1) is 0 Å². The number of rotatable bonds is 7. The summed E-state index contributed by atoms with van der Waals surface area (Å²) in [6, 6.07) is 0.0851. The Hall–Kier alpha value is -1.22. The highest BCUT2D eigenvalue weighted by Gasteiger charge is 2.33. The molecule has 0 radical (unpaired) electrons. The second-order valence-corrected chi connectivity index (χ2v) is 8.23. The lowest BCUT2D eigenvalue weighted by Gasteiger charge is -2.36. The molecule has 3 N–H and O–H groups in total. The van der Waals surface area contributed by atoms with E-state index < -0.39 is 6.10 Å². The highest BCUT2D eigenvalue weighted by atomic mass is 16.5. The van der Waals surface area contributed by atoms with E-state index in [9.17, 15) is 14.7 Å². The fourth-order valence-electron chi connectivity index (χ4n) is 4.40. The normalized spacial score (nSPS) is 30.0. The number of nitrogens with zero attached hydrogens (tertiary/aromatic N) is 1. The van der Waals surface area contributed by atoms with Gasteiger partial charge in [-0.1, -0.05) is 19.3 Å². The van der Waals surface area contributed by atoms with Crippen molar-refractivity contribution in [2.24, 2.45) is 0 Å². The molecule has 3 rings (SSSR count). The number of aliphatic hydroxyl groups is 1. The predicted octanol–water partition coefficient (Wildman–Crippen LogP) is 0.182. The van der Waals surface area contributed by atoms with Crippen LogP contribution in [-0.4, -0.2) is 85.6 Å². The van der Waals surface area contributed by atoms with Gasteiger partial charge >= 0.3 is 0 Å². The van der Waals surface area contributed by atoms with E-state index in [1.807, 2.05) is 0 Å². The van der Waals surface area contributed by atoms with Crippen LogP contribution in [0.4, 0.5) is 0 Å². The first-order valence-electron chi connectivity index (χ1n) is 10.8. The van der Waals surface area contributed by atoms with Gasteiger partial charge in [-0.2, -0.15) is 0 Å². The number of ether oxygens (including phenoxy) is 2. The van der Waals surface area contributed by atoms with E-state index in [1.54, 1.807) is 0 Å². The molecule has 0 unspecified atom stereocenters. The molecule has 8 heteroatoms. The van der Waals surface area contributed by atoms with Crippen molar-refractivity contribution < 1.29 is 24.2 Å². The molecule has 3 atom stereocenters. The van der Waals surface area contributed by atoms with E-state index >= 15 is 0 Å². The van der Waals surface area contributed by atoms with Crippen molar-refractivity contribution >= 4 is 11.8 Å². The lowest BCUT2D eigenvalue weighted by atomic mass is 9.94. The molecule has 8 nitrogen and oxygen atoms in total. The number of carbonyl (C=O) groups is 2. The van der Waals surface area contributed by atoms with Crippen LogP contribution < -0.4 is 10.6 Å². The Labute approximate surface area is 167 Å². The Bertz CT molecular complexity index is 506. The van der Waals surface area contributed by atoms with Crippen LogP contribution in [0.5, 0.6) is 0 Å². The minimum Gasteiger partial charge on any atom is -0.394 e. The van der Waals surface area contributed by atoms with Crippen LogP contribution in [0.15, 0.2) is 0 Å². The monoisotopic (exact) mass is 397 g/mol. The summed E-state index contributed by atoms with van der Waals surface area (Å²) in [6.07, 6.45) is 6.83. The molecule has 0 aromatic rings. The van der Waals surface area contributed by atoms with Crippen LogP contribution in [0.1, 0.15) is 51.4 Å². The van der Waals surface area contributed by atoms with Gasteiger partial charge in [0, 0.05) is 19.1 Å². The van der Waals surface area contributed by atoms with Crippen LogP contribution in [-0.2, 0) is 19.1 Å². The molecular weight excluding hydrogens is 362 g/mol. The lowest BCUT2D eigenvalue weighted by Crippen LogP contribution is -2.54. The largest absolute Gasteiger partial charge is 0.394 e. The van der Waals surface area contributed by atoms with E-state index in [1.165, 1.54) is 19.3 Å². The third-order valence-electron chi connectivity index (χ3n) is 6.00. The standard InChI is InChI=1S/C20H35N3O5/c24-14-18-17(22-20(26)13-23-8-10-27-11-9-23)7-6-16(28-18)12-19(25)21-15-4-2-1-3-5-15/h15-18,24H,1-14H2,(H,21,25)(H,22,26)/t16-,17+,18-/m1/s1. The molecule has 0 bridgehead atoms. The Morgan fingerprint density at radius 3 is 2.43 bits per heavy atom. The molecule has 160 valence electrons. The number of aliphatic hydroxyl groups excluding tert-OH is 1. The molecule has 2 saturated heterocycles. The quantitative estimate of drug-likeness (QED) is 0.567. The number of hydrogen-bond acceptors (Lipinski definition) is 6. The maximum absolute atomic E-state index is 12.3. The zero-order valence-electron chi connectivity index (χ0n) is 16.7. The fraction of sp³-hybridized carbons (Fsp3) is 0.900. The predicted molar refractivity (Wildman–Crippen MR) is 104 cm³/mol. The first-order valence-corrected chi connectivity index (χ1v) is 10.8. The van der Waals surface area contributed by atoms with E-state index in [-0.39, 0.29) is 30.6 Å². The van der Waals surface area contributed by atoms with Gasteiger partial charge in [0.1, 0.15) is 6.10 Å². The molecule has 2 amide bonds. The maximum atomic E-state index is 12.3. The fourth-order valence-corrected chi connectivity index (χ4v) is 4.40. The summed E-state index contributed by atoms with van der Waals surface area (Å²) >= 11 is 0. The second kappa shape index (κ2) is 11.1. The molecular formula is C20H35N3O5. The van der Waals surface area contributed by atoms with Crippen molar-refractivity contribution in [3.05, 3.63) is 0 Å². The molecule has 0 spiro atoms. The first kappa shape index (κ1) is 21.5. The maximum Gasteiger partial charge on any atom is 0.234 e. The average molecular weight is 398 g/mol. The van der Waals surface area contributed by atoms with Crippen LogP contribution in [0.25, 0.3) is 0 Å². The van der Waals surface area contributed by atoms with Gasteiger partial charge in [0.05, 0.1) is 44.9 Å². The number of nitrogens with one attached hydrogen (secondary N) is 2. The molecule has 0 aromatic heterocycles. The molecule has 2 heterocycles. The van der Waals surface area contributed by atoms with Gasteiger partial charge in [0.25, 0.3) is 0 Å². The minimum atomic E-state index is -0.463. The van der Waals surface area contributed by atoms with Gasteiger partial charge in [-0.3, -0.25) is 14.5 Å². The second-order valence-electron chi connectivity index (χ2n) is 8.23. The summed E-state index contributed by atoms with van der Waals surface area (Å²) < 4.78 is 11.2. The summed E-state index contributed by atoms with van der Waals surface area (Å²) in [4.78, 5) is 26.7. The van der Waals surface area contributed by atoms with Gasteiger partial charge in [-0.15, -0.1) is 0 Å². The van der Waals surface area contributed by atoms with Crippen molar-refractivity contribution in [1.29, 1.82) is 0 Å². The molecule has 3 fully saturated rings. The van der Waals surface area contributed by atoms with Crippen molar-refractivity contribution in [3.8, 4) is 0 Å². The highest BCUT2D eigenvalue weighted by molar-refractivity contribution is 5.78. The molecule has 2 aliphatic heterocycles. The third-order valence-corrected chi connectivity index (χ3v) is 6.00. The summed E-state index contributed by atoms with van der Waals surface area (Å²) in [6.45, 7) is 3.01. The number of amides is 2. The van der Waals surface area contributed by atoms with Crippen molar-refractivity contribution in [1.82, 2.24) is 15.5 Å². The van der Waals surface area contributed by atoms with Crippen LogP contribution in [0.3, 0.4) is 0 Å². The number of carbonyl (C=O) groups excluding carboxylic acids is 2. The average Bonchev–Trinajstić information content (AvgIpc) is 2.70. The van der Waals surface area contributed by atoms with Crippen LogP contribution >= 0.6 is 0 Å². The van der Waals surface area contributed by atoms with E-state index in [4.69, 9.17) is 9.47 Å². The molecule has 1 saturated carbocycles. The zero-order valence-corrected chi connectivity index (χ0v) is 16.7. The van der Waals surface area contributed by atoms with Gasteiger partial charge < -0.3 is 25.2 Å². The Morgan fingerprint density at radius 2 is 1.71 bits per heavy atom. The number of hydrogen-bond donors (Lipinski definition) is 3. The Balaban J connectivity index is 1.39. The van der Waals surface area contributed by atoms with Crippen LogP contribution in [0.2, 0.25) is 0 Å².